The molecule has 3 aromatic rings. The summed E-state index contributed by atoms with van der Waals surface area (Å²) < 4.78 is 5.20. The van der Waals surface area contributed by atoms with Gasteiger partial charge in [0, 0.05) is 44.6 Å². The van der Waals surface area contributed by atoms with Crippen LogP contribution in [0.2, 0.25) is 0 Å². The number of hydrogen-bond acceptors (Lipinski definition) is 6. The van der Waals surface area contributed by atoms with Gasteiger partial charge >= 0.3 is 0 Å². The van der Waals surface area contributed by atoms with Crippen LogP contribution < -0.4 is 15.0 Å². The lowest BCUT2D eigenvalue weighted by molar-refractivity contribution is 0.248. The Bertz CT molecular complexity index is 877. The molecule has 1 aliphatic heterocycles. The monoisotopic (exact) mass is 375 g/mol. The minimum absolute atomic E-state index is 0.776. The van der Waals surface area contributed by atoms with Gasteiger partial charge in [0.2, 0.25) is 5.95 Å². The normalized spacial score (nSPS) is 14.7. The molecule has 0 spiro atoms. The predicted octanol–water partition coefficient (Wildman–Crippen LogP) is 3.55. The highest BCUT2D eigenvalue weighted by Crippen LogP contribution is 2.20. The molecule has 0 aliphatic carbocycles. The number of methoxy groups -OCH3 is 1. The summed E-state index contributed by atoms with van der Waals surface area (Å²) in [4.78, 5) is 13.9. The molecule has 28 heavy (non-hydrogen) atoms. The second kappa shape index (κ2) is 8.71. The van der Waals surface area contributed by atoms with Crippen LogP contribution >= 0.6 is 0 Å². The second-order valence-corrected chi connectivity index (χ2v) is 6.84. The van der Waals surface area contributed by atoms with Crippen LogP contribution in [0.3, 0.4) is 0 Å². The first-order valence-electron chi connectivity index (χ1n) is 9.55. The summed E-state index contributed by atoms with van der Waals surface area (Å²) in [6.07, 6.45) is 1.81. The lowest BCUT2D eigenvalue weighted by Crippen LogP contribution is -2.46. The van der Waals surface area contributed by atoms with Crippen LogP contribution in [0.4, 0.5) is 17.5 Å². The Balaban J connectivity index is 1.35. The van der Waals surface area contributed by atoms with Gasteiger partial charge in [-0.15, -0.1) is 0 Å². The molecule has 0 radical (unpaired) electrons. The third-order valence-corrected chi connectivity index (χ3v) is 4.91. The van der Waals surface area contributed by atoms with Crippen LogP contribution in [0.1, 0.15) is 5.56 Å². The van der Waals surface area contributed by atoms with Crippen molar-refractivity contribution < 1.29 is 4.74 Å². The zero-order valence-electron chi connectivity index (χ0n) is 16.1. The third kappa shape index (κ3) is 4.58. The van der Waals surface area contributed by atoms with Crippen LogP contribution in [0.25, 0.3) is 0 Å². The highest BCUT2D eigenvalue weighted by atomic mass is 16.5. The van der Waals surface area contributed by atoms with Crippen LogP contribution in [-0.4, -0.2) is 48.2 Å². The van der Waals surface area contributed by atoms with Crippen molar-refractivity contribution >= 4 is 17.5 Å². The third-order valence-electron chi connectivity index (χ3n) is 4.91. The Labute approximate surface area is 165 Å². The molecule has 0 atom stereocenters. The number of ether oxygens (including phenoxy) is 1. The van der Waals surface area contributed by atoms with Gasteiger partial charge in [-0.1, -0.05) is 30.3 Å². The predicted molar refractivity (Wildman–Crippen MR) is 112 cm³/mol. The van der Waals surface area contributed by atoms with E-state index in [0.29, 0.717) is 0 Å². The van der Waals surface area contributed by atoms with E-state index in [9.17, 15) is 0 Å². The molecule has 4 rings (SSSR count). The molecule has 2 aromatic carbocycles. The molecule has 144 valence electrons. The van der Waals surface area contributed by atoms with E-state index in [1.807, 2.05) is 36.5 Å². The van der Waals surface area contributed by atoms with E-state index in [1.54, 1.807) is 7.11 Å². The van der Waals surface area contributed by atoms with Crippen LogP contribution in [0.15, 0.2) is 66.9 Å². The highest BCUT2D eigenvalue weighted by Gasteiger charge is 2.19. The Hall–Kier alpha value is -3.12. The molecule has 1 fully saturated rings. The number of hydrogen-bond donors (Lipinski definition) is 1. The number of piperazine rings is 1. The number of anilines is 3. The molecular formula is C22H25N5O. The summed E-state index contributed by atoms with van der Waals surface area (Å²) in [5.74, 6) is 2.40. The Kier molecular flexibility index (Phi) is 5.68. The molecule has 0 saturated carbocycles. The van der Waals surface area contributed by atoms with Crippen molar-refractivity contribution in [1.29, 1.82) is 0 Å². The zero-order valence-corrected chi connectivity index (χ0v) is 16.1. The molecular weight excluding hydrogens is 350 g/mol. The molecule has 1 aliphatic rings. The Morgan fingerprint density at radius 3 is 2.39 bits per heavy atom. The van der Waals surface area contributed by atoms with Gasteiger partial charge < -0.3 is 15.0 Å². The summed E-state index contributed by atoms with van der Waals surface area (Å²) in [6, 6.07) is 20.3. The van der Waals surface area contributed by atoms with Crippen molar-refractivity contribution in [2.75, 3.05) is 43.5 Å². The number of nitrogens with zero attached hydrogens (tertiary/aromatic N) is 4. The Morgan fingerprint density at radius 1 is 0.929 bits per heavy atom. The maximum atomic E-state index is 5.20. The van der Waals surface area contributed by atoms with Gasteiger partial charge in [-0.3, -0.25) is 4.90 Å². The van der Waals surface area contributed by atoms with Gasteiger partial charge in [0.25, 0.3) is 0 Å². The molecule has 1 saturated heterocycles. The first kappa shape index (κ1) is 18.3. The van der Waals surface area contributed by atoms with Crippen LogP contribution in [0.5, 0.6) is 5.75 Å². The van der Waals surface area contributed by atoms with Crippen molar-refractivity contribution in [3.05, 3.63) is 72.4 Å². The molecule has 6 nitrogen and oxygen atoms in total. The van der Waals surface area contributed by atoms with Crippen molar-refractivity contribution in [1.82, 2.24) is 14.9 Å². The van der Waals surface area contributed by atoms with Crippen LogP contribution in [-0.2, 0) is 6.54 Å². The van der Waals surface area contributed by atoms with Gasteiger partial charge in [-0.25, -0.2) is 4.98 Å². The van der Waals surface area contributed by atoms with E-state index >= 15 is 0 Å². The van der Waals surface area contributed by atoms with Crippen LogP contribution in [0, 0.1) is 0 Å². The number of rotatable bonds is 6. The van der Waals surface area contributed by atoms with Crippen molar-refractivity contribution in [2.24, 2.45) is 0 Å². The fraction of sp³-hybridized carbons (Fsp3) is 0.273. The largest absolute Gasteiger partial charge is 0.497 e. The molecule has 1 aromatic heterocycles. The topological polar surface area (TPSA) is 53.5 Å². The summed E-state index contributed by atoms with van der Waals surface area (Å²) >= 11 is 0. The molecule has 0 bridgehead atoms. The summed E-state index contributed by atoms with van der Waals surface area (Å²) in [7, 11) is 1.67. The minimum Gasteiger partial charge on any atom is -0.497 e. The molecule has 0 amide bonds. The maximum Gasteiger partial charge on any atom is 0.227 e. The number of benzene rings is 2. The number of nitrogens with one attached hydrogen (secondary N) is 1. The lowest BCUT2D eigenvalue weighted by atomic mass is 10.2. The van der Waals surface area contributed by atoms with E-state index in [1.165, 1.54) is 5.56 Å². The van der Waals surface area contributed by atoms with E-state index < -0.39 is 0 Å². The molecule has 0 unspecified atom stereocenters. The van der Waals surface area contributed by atoms with Crippen molar-refractivity contribution in [3.63, 3.8) is 0 Å². The molecule has 1 N–H and O–H groups in total. The summed E-state index contributed by atoms with van der Waals surface area (Å²) in [5.41, 5.74) is 2.33. The summed E-state index contributed by atoms with van der Waals surface area (Å²) in [6.45, 7) is 4.87. The second-order valence-electron chi connectivity index (χ2n) is 6.84. The average Bonchev–Trinajstić information content (AvgIpc) is 2.76. The zero-order chi connectivity index (χ0) is 19.2. The highest BCUT2D eigenvalue weighted by molar-refractivity contribution is 5.58. The van der Waals surface area contributed by atoms with Gasteiger partial charge in [0.1, 0.15) is 11.6 Å². The summed E-state index contributed by atoms with van der Waals surface area (Å²) in [5, 5.41) is 3.33. The van der Waals surface area contributed by atoms with Gasteiger partial charge in [0.15, 0.2) is 0 Å². The fourth-order valence-corrected chi connectivity index (χ4v) is 3.34. The first-order valence-corrected chi connectivity index (χ1v) is 9.55. The van der Waals surface area contributed by atoms with Gasteiger partial charge in [-0.2, -0.15) is 4.98 Å². The first-order chi connectivity index (χ1) is 13.8. The van der Waals surface area contributed by atoms with E-state index in [4.69, 9.17) is 9.72 Å². The standard InChI is InChI=1S/C22H25N5O/c1-28-20-9-7-19(8-10-20)24-21-11-12-23-22(25-21)27-15-13-26(14-16-27)17-18-5-3-2-4-6-18/h2-12H,13-17H2,1H3,(H,23,24,25). The van der Waals surface area contributed by atoms with Gasteiger partial charge in [-0.05, 0) is 35.9 Å². The molecule has 2 heterocycles. The Morgan fingerprint density at radius 2 is 1.68 bits per heavy atom. The smallest absolute Gasteiger partial charge is 0.227 e. The van der Waals surface area contributed by atoms with E-state index in [0.717, 1.165) is 55.9 Å². The maximum absolute atomic E-state index is 5.20. The van der Waals surface area contributed by atoms with Crippen molar-refractivity contribution in [2.45, 2.75) is 6.54 Å². The average molecular weight is 375 g/mol. The van der Waals surface area contributed by atoms with E-state index in [-0.39, 0.29) is 0 Å². The van der Waals surface area contributed by atoms with Gasteiger partial charge in [0.05, 0.1) is 7.11 Å². The van der Waals surface area contributed by atoms with Crippen molar-refractivity contribution in [3.8, 4) is 5.75 Å². The fourth-order valence-electron chi connectivity index (χ4n) is 3.34. The molecule has 6 heteroatoms. The quantitative estimate of drug-likeness (QED) is 0.711. The number of aromatic nitrogens is 2. The van der Waals surface area contributed by atoms with E-state index in [2.05, 4.69) is 50.4 Å². The lowest BCUT2D eigenvalue weighted by Gasteiger charge is -2.34. The minimum atomic E-state index is 0.776. The SMILES string of the molecule is COc1ccc(Nc2ccnc(N3CCN(Cc4ccccc4)CC3)n2)cc1.